The van der Waals surface area contributed by atoms with Crippen LogP contribution in [0.5, 0.6) is 0 Å². The van der Waals surface area contributed by atoms with E-state index in [9.17, 15) is 9.90 Å². The van der Waals surface area contributed by atoms with Crippen molar-refractivity contribution in [3.63, 3.8) is 0 Å². The maximum absolute atomic E-state index is 11.9. The van der Waals surface area contributed by atoms with E-state index >= 15 is 0 Å². The van der Waals surface area contributed by atoms with Crippen molar-refractivity contribution in [2.75, 3.05) is 18.4 Å². The predicted molar refractivity (Wildman–Crippen MR) is 95.7 cm³/mol. The Morgan fingerprint density at radius 3 is 2.74 bits per heavy atom. The van der Waals surface area contributed by atoms with Crippen LogP contribution in [0.3, 0.4) is 0 Å². The van der Waals surface area contributed by atoms with Gasteiger partial charge in [0.15, 0.2) is 0 Å². The van der Waals surface area contributed by atoms with Gasteiger partial charge in [-0.2, -0.15) is 0 Å². The lowest BCUT2D eigenvalue weighted by molar-refractivity contribution is -0.0297. The Morgan fingerprint density at radius 1 is 1.52 bits per heavy atom. The fourth-order valence-corrected chi connectivity index (χ4v) is 3.64. The first-order chi connectivity index (χ1) is 10.7. The van der Waals surface area contributed by atoms with Gasteiger partial charge in [0, 0.05) is 23.8 Å². The lowest BCUT2D eigenvalue weighted by atomic mass is 9.66. The molecule has 0 radical (unpaired) electrons. The maximum Gasteiger partial charge on any atom is 0.407 e. The van der Waals surface area contributed by atoms with Gasteiger partial charge in [-0.15, -0.1) is 0 Å². The highest BCUT2D eigenvalue weighted by Crippen LogP contribution is 2.44. The molecule has 0 bridgehead atoms. The van der Waals surface area contributed by atoms with Crippen molar-refractivity contribution in [2.45, 2.75) is 46.1 Å². The highest BCUT2D eigenvalue weighted by atomic mass is 79.9. The Hall–Kier alpha value is -1.30. The average molecular weight is 384 g/mol. The summed E-state index contributed by atoms with van der Waals surface area (Å²) in [5, 5.41) is 13.1. The fraction of sp³-hybridized carbons (Fsp3) is 0.647. The molecule has 0 spiro atoms. The molecule has 128 valence electrons. The number of rotatable bonds is 3. The summed E-state index contributed by atoms with van der Waals surface area (Å²) in [7, 11) is 0. The van der Waals surface area contributed by atoms with Crippen LogP contribution in [0.25, 0.3) is 0 Å². The van der Waals surface area contributed by atoms with E-state index in [1.807, 2.05) is 12.1 Å². The standard InChI is InChI=1S/C17H26BrN3O2/c1-12-7-8-17(16(2,3)4,21(10-12)15(22)23)11-20-14-6-5-13(18)9-19-14/h5-6,9,12H,7-8,10-11H2,1-4H3,(H,19,20)(H,22,23)/t12-,17-/m0/s1. The number of hydrogen-bond acceptors (Lipinski definition) is 3. The lowest BCUT2D eigenvalue weighted by Gasteiger charge is -2.55. The van der Waals surface area contributed by atoms with Crippen LogP contribution in [-0.4, -0.2) is 39.7 Å². The predicted octanol–water partition coefficient (Wildman–Crippen LogP) is 4.45. The molecule has 23 heavy (non-hydrogen) atoms. The first-order valence-corrected chi connectivity index (χ1v) is 8.81. The summed E-state index contributed by atoms with van der Waals surface area (Å²) in [6, 6.07) is 3.83. The van der Waals surface area contributed by atoms with Crippen LogP contribution in [-0.2, 0) is 0 Å². The summed E-state index contributed by atoms with van der Waals surface area (Å²) in [6.07, 6.45) is 2.80. The first kappa shape index (κ1) is 18.0. The van der Waals surface area contributed by atoms with Gasteiger partial charge in [-0.25, -0.2) is 9.78 Å². The normalized spacial score (nSPS) is 25.3. The van der Waals surface area contributed by atoms with E-state index in [0.29, 0.717) is 19.0 Å². The van der Waals surface area contributed by atoms with E-state index in [0.717, 1.165) is 23.1 Å². The molecule has 1 aliphatic heterocycles. The minimum absolute atomic E-state index is 0.173. The number of pyridine rings is 1. The number of carboxylic acid groups (broad SMARTS) is 1. The van der Waals surface area contributed by atoms with Gasteiger partial charge in [0.25, 0.3) is 0 Å². The summed E-state index contributed by atoms with van der Waals surface area (Å²) in [5.74, 6) is 1.16. The van der Waals surface area contributed by atoms with Gasteiger partial charge < -0.3 is 15.3 Å². The summed E-state index contributed by atoms with van der Waals surface area (Å²) in [4.78, 5) is 17.9. The highest BCUT2D eigenvalue weighted by Gasteiger charge is 2.51. The summed E-state index contributed by atoms with van der Waals surface area (Å²) in [5.41, 5.74) is -0.617. The van der Waals surface area contributed by atoms with Crippen LogP contribution in [0.1, 0.15) is 40.5 Å². The van der Waals surface area contributed by atoms with Crippen LogP contribution in [0, 0.1) is 11.3 Å². The molecule has 2 heterocycles. The Bertz CT molecular complexity index is 556. The number of likely N-dealkylation sites (tertiary alicyclic amines) is 1. The molecule has 1 saturated heterocycles. The fourth-order valence-electron chi connectivity index (χ4n) is 3.41. The molecule has 2 rings (SSSR count). The molecule has 2 atom stereocenters. The topological polar surface area (TPSA) is 65.5 Å². The maximum atomic E-state index is 11.9. The molecule has 5 nitrogen and oxygen atoms in total. The van der Waals surface area contributed by atoms with Gasteiger partial charge >= 0.3 is 6.09 Å². The summed E-state index contributed by atoms with van der Waals surface area (Å²) >= 11 is 3.37. The van der Waals surface area contributed by atoms with E-state index < -0.39 is 11.6 Å². The number of halogens is 1. The van der Waals surface area contributed by atoms with Crippen molar-refractivity contribution in [2.24, 2.45) is 11.3 Å². The van der Waals surface area contributed by atoms with Crippen LogP contribution >= 0.6 is 15.9 Å². The summed E-state index contributed by atoms with van der Waals surface area (Å²) in [6.45, 7) is 9.62. The molecule has 0 aromatic carbocycles. The third kappa shape index (κ3) is 3.79. The quantitative estimate of drug-likeness (QED) is 0.808. The molecule has 0 aliphatic carbocycles. The van der Waals surface area contributed by atoms with E-state index in [1.165, 1.54) is 0 Å². The van der Waals surface area contributed by atoms with E-state index in [4.69, 9.17) is 0 Å². The molecular weight excluding hydrogens is 358 g/mol. The Kier molecular flexibility index (Phi) is 5.23. The third-order valence-corrected chi connectivity index (χ3v) is 5.45. The molecule has 0 saturated carbocycles. The lowest BCUT2D eigenvalue weighted by Crippen LogP contribution is -2.65. The zero-order valence-electron chi connectivity index (χ0n) is 14.3. The second kappa shape index (κ2) is 6.67. The van der Waals surface area contributed by atoms with Crippen molar-refractivity contribution in [3.8, 4) is 0 Å². The Labute approximate surface area is 146 Å². The molecule has 1 aliphatic rings. The molecule has 0 unspecified atom stereocenters. The minimum Gasteiger partial charge on any atom is -0.465 e. The summed E-state index contributed by atoms with van der Waals surface area (Å²) < 4.78 is 0.923. The molecule has 2 N–H and O–H groups in total. The van der Waals surface area contributed by atoms with Crippen LogP contribution in [0.15, 0.2) is 22.8 Å². The van der Waals surface area contributed by atoms with E-state index in [-0.39, 0.29) is 5.41 Å². The number of amides is 1. The largest absolute Gasteiger partial charge is 0.465 e. The zero-order chi connectivity index (χ0) is 17.3. The number of anilines is 1. The minimum atomic E-state index is -0.836. The molecule has 1 amide bonds. The van der Waals surface area contributed by atoms with Crippen molar-refractivity contribution in [1.29, 1.82) is 0 Å². The number of nitrogens with one attached hydrogen (secondary N) is 1. The number of hydrogen-bond donors (Lipinski definition) is 2. The average Bonchev–Trinajstić information content (AvgIpc) is 2.46. The van der Waals surface area contributed by atoms with Crippen LogP contribution < -0.4 is 5.32 Å². The second-order valence-corrected chi connectivity index (χ2v) is 8.45. The smallest absolute Gasteiger partial charge is 0.407 e. The van der Waals surface area contributed by atoms with Gasteiger partial charge in [-0.3, -0.25) is 0 Å². The number of piperidine rings is 1. The SMILES string of the molecule is C[C@H]1CC[C@](CNc2ccc(Br)cn2)(C(C)(C)C)N(C(=O)O)C1. The zero-order valence-corrected chi connectivity index (χ0v) is 15.9. The second-order valence-electron chi connectivity index (χ2n) is 7.53. The number of nitrogens with zero attached hydrogens (tertiary/aromatic N) is 2. The van der Waals surface area contributed by atoms with E-state index in [2.05, 4.69) is 53.9 Å². The van der Waals surface area contributed by atoms with Crippen LogP contribution in [0.4, 0.5) is 10.6 Å². The highest BCUT2D eigenvalue weighted by molar-refractivity contribution is 9.10. The number of aromatic nitrogens is 1. The van der Waals surface area contributed by atoms with E-state index in [1.54, 1.807) is 11.1 Å². The Balaban J connectivity index is 2.28. The molecule has 1 aromatic heterocycles. The van der Waals surface area contributed by atoms with Crippen LogP contribution in [0.2, 0.25) is 0 Å². The van der Waals surface area contributed by atoms with Gasteiger partial charge in [0.05, 0.1) is 5.54 Å². The van der Waals surface area contributed by atoms with Crippen molar-refractivity contribution in [1.82, 2.24) is 9.88 Å². The number of carbonyl (C=O) groups is 1. The molecule has 1 fully saturated rings. The van der Waals surface area contributed by atoms with Crippen molar-refractivity contribution in [3.05, 3.63) is 22.8 Å². The van der Waals surface area contributed by atoms with Gasteiger partial charge in [-0.05, 0) is 52.2 Å². The van der Waals surface area contributed by atoms with Crippen molar-refractivity contribution < 1.29 is 9.90 Å². The molecular formula is C17H26BrN3O2. The molecule has 6 heteroatoms. The monoisotopic (exact) mass is 383 g/mol. The third-order valence-electron chi connectivity index (χ3n) is 4.98. The molecule has 1 aromatic rings. The van der Waals surface area contributed by atoms with Gasteiger partial charge in [0.1, 0.15) is 5.82 Å². The Morgan fingerprint density at radius 2 is 2.22 bits per heavy atom. The first-order valence-electron chi connectivity index (χ1n) is 8.02. The van der Waals surface area contributed by atoms with Crippen molar-refractivity contribution >= 4 is 27.8 Å². The van der Waals surface area contributed by atoms with Gasteiger partial charge in [-0.1, -0.05) is 27.7 Å². The van der Waals surface area contributed by atoms with Gasteiger partial charge in [0.2, 0.25) is 0 Å².